The molecule has 1 N–H and O–H groups in total. The van der Waals surface area contributed by atoms with Gasteiger partial charge in [0, 0.05) is 41.8 Å². The zero-order chi connectivity index (χ0) is 18.1. The van der Waals surface area contributed by atoms with Crippen molar-refractivity contribution in [2.45, 2.75) is 19.5 Å². The normalized spacial score (nSPS) is 14.3. The summed E-state index contributed by atoms with van der Waals surface area (Å²) in [5.74, 6) is 2.08. The lowest BCUT2D eigenvalue weighted by Gasteiger charge is -2.28. The van der Waals surface area contributed by atoms with E-state index >= 15 is 0 Å². The molecule has 26 heavy (non-hydrogen) atoms. The van der Waals surface area contributed by atoms with Crippen LogP contribution in [0.5, 0.6) is 17.2 Å². The highest BCUT2D eigenvalue weighted by Gasteiger charge is 2.23. The Balaban J connectivity index is 1.61. The molecule has 1 aliphatic rings. The van der Waals surface area contributed by atoms with Gasteiger partial charge < -0.3 is 19.2 Å². The first kappa shape index (κ1) is 16.8. The second-order valence-electron chi connectivity index (χ2n) is 6.58. The van der Waals surface area contributed by atoms with Gasteiger partial charge in [0.1, 0.15) is 0 Å². The summed E-state index contributed by atoms with van der Waals surface area (Å²) in [7, 11) is 4.95. The monoisotopic (exact) mass is 352 g/mol. The minimum absolute atomic E-state index is 0.649. The van der Waals surface area contributed by atoms with E-state index in [1.54, 1.807) is 21.3 Å². The number of hydrogen-bond acceptors (Lipinski definition) is 4. The average molecular weight is 352 g/mol. The third kappa shape index (κ3) is 2.78. The van der Waals surface area contributed by atoms with E-state index in [9.17, 15) is 0 Å². The van der Waals surface area contributed by atoms with E-state index in [1.807, 2.05) is 6.07 Å². The maximum atomic E-state index is 5.63. The van der Waals surface area contributed by atoms with Gasteiger partial charge in [0.2, 0.25) is 5.75 Å². The number of rotatable bonds is 5. The predicted octanol–water partition coefficient (Wildman–Crippen LogP) is 3.75. The molecule has 0 atom stereocenters. The molecule has 5 nitrogen and oxygen atoms in total. The van der Waals surface area contributed by atoms with Crippen LogP contribution in [-0.4, -0.2) is 37.8 Å². The molecule has 0 radical (unpaired) electrons. The predicted molar refractivity (Wildman–Crippen MR) is 102 cm³/mol. The minimum Gasteiger partial charge on any atom is -0.493 e. The topological polar surface area (TPSA) is 46.7 Å². The van der Waals surface area contributed by atoms with Crippen molar-refractivity contribution in [1.82, 2.24) is 9.88 Å². The number of methoxy groups -OCH3 is 3. The van der Waals surface area contributed by atoms with Crippen LogP contribution in [0.2, 0.25) is 0 Å². The number of benzene rings is 2. The third-order valence-corrected chi connectivity index (χ3v) is 5.14. The summed E-state index contributed by atoms with van der Waals surface area (Å²) in [6, 6.07) is 12.5. The second kappa shape index (κ2) is 6.92. The fraction of sp³-hybridized carbons (Fsp3) is 0.333. The van der Waals surface area contributed by atoms with E-state index in [0.717, 1.165) is 37.4 Å². The molecule has 4 rings (SSSR count). The molecule has 1 aliphatic heterocycles. The van der Waals surface area contributed by atoms with Gasteiger partial charge in [-0.25, -0.2) is 0 Å². The first-order chi connectivity index (χ1) is 12.7. The van der Waals surface area contributed by atoms with E-state index in [1.165, 1.54) is 22.2 Å². The number of para-hydroxylation sites is 1. The molecule has 1 aromatic heterocycles. The quantitative estimate of drug-likeness (QED) is 0.760. The van der Waals surface area contributed by atoms with Gasteiger partial charge in [-0.05, 0) is 24.1 Å². The van der Waals surface area contributed by atoms with Gasteiger partial charge in [0.05, 0.1) is 21.3 Å². The first-order valence-corrected chi connectivity index (χ1v) is 8.83. The highest BCUT2D eigenvalue weighted by atomic mass is 16.5. The fourth-order valence-corrected chi connectivity index (χ4v) is 3.91. The molecule has 0 saturated carbocycles. The Labute approximate surface area is 153 Å². The van der Waals surface area contributed by atoms with Gasteiger partial charge in [-0.1, -0.05) is 24.3 Å². The van der Waals surface area contributed by atoms with Gasteiger partial charge in [0.15, 0.2) is 11.5 Å². The Bertz CT molecular complexity index is 932. The number of H-pyrrole nitrogens is 1. The average Bonchev–Trinajstić information content (AvgIpc) is 3.05. The van der Waals surface area contributed by atoms with E-state index in [2.05, 4.69) is 40.2 Å². The number of hydrogen-bond donors (Lipinski definition) is 1. The number of aromatic nitrogens is 1. The molecule has 0 saturated heterocycles. The Kier molecular flexibility index (Phi) is 4.47. The number of aromatic amines is 1. The minimum atomic E-state index is 0.649. The lowest BCUT2D eigenvalue weighted by molar-refractivity contribution is 0.237. The zero-order valence-electron chi connectivity index (χ0n) is 15.5. The van der Waals surface area contributed by atoms with Crippen LogP contribution in [0.1, 0.15) is 16.8 Å². The molecule has 5 heteroatoms. The Morgan fingerprint density at radius 2 is 1.77 bits per heavy atom. The summed E-state index contributed by atoms with van der Waals surface area (Å²) in [5, 5.41) is 1.35. The van der Waals surface area contributed by atoms with Crippen molar-refractivity contribution in [1.29, 1.82) is 0 Å². The summed E-state index contributed by atoms with van der Waals surface area (Å²) in [4.78, 5) is 6.02. The molecule has 2 heterocycles. The Morgan fingerprint density at radius 3 is 2.54 bits per heavy atom. The first-order valence-electron chi connectivity index (χ1n) is 8.83. The standard InChI is InChI=1S/C21H24N2O3/c1-24-19-9-8-14(20(25-2)21(19)26-3)12-23-11-10-16-15-6-4-5-7-17(15)22-18(16)13-23/h4-9,22H,10-13H2,1-3H3. The summed E-state index contributed by atoms with van der Waals surface area (Å²) < 4.78 is 16.5. The SMILES string of the molecule is COc1ccc(CN2CCc3c([nH]c4ccccc34)C2)c(OC)c1OC. The second-order valence-corrected chi connectivity index (χ2v) is 6.58. The maximum absolute atomic E-state index is 5.63. The Morgan fingerprint density at radius 1 is 0.962 bits per heavy atom. The molecule has 0 aliphatic carbocycles. The molecular formula is C21H24N2O3. The number of ether oxygens (including phenoxy) is 3. The molecule has 0 spiro atoms. The lowest BCUT2D eigenvalue weighted by atomic mass is 10.0. The van der Waals surface area contributed by atoms with Crippen LogP contribution in [0.4, 0.5) is 0 Å². The van der Waals surface area contributed by atoms with Crippen LogP contribution in [0, 0.1) is 0 Å². The van der Waals surface area contributed by atoms with Gasteiger partial charge >= 0.3 is 0 Å². The smallest absolute Gasteiger partial charge is 0.203 e. The molecule has 3 aromatic rings. The van der Waals surface area contributed by atoms with Crippen LogP contribution in [0.25, 0.3) is 10.9 Å². The highest BCUT2D eigenvalue weighted by molar-refractivity contribution is 5.84. The van der Waals surface area contributed by atoms with Gasteiger partial charge in [-0.15, -0.1) is 0 Å². The Hall–Kier alpha value is -2.66. The molecule has 0 unspecified atom stereocenters. The number of nitrogens with one attached hydrogen (secondary N) is 1. The molecular weight excluding hydrogens is 328 g/mol. The summed E-state index contributed by atoms with van der Waals surface area (Å²) >= 11 is 0. The maximum Gasteiger partial charge on any atom is 0.203 e. The van der Waals surface area contributed by atoms with Crippen LogP contribution in [0.15, 0.2) is 36.4 Å². The van der Waals surface area contributed by atoms with Crippen molar-refractivity contribution in [3.8, 4) is 17.2 Å². The van der Waals surface area contributed by atoms with E-state index in [-0.39, 0.29) is 0 Å². The molecule has 0 fully saturated rings. The van der Waals surface area contributed by atoms with Crippen LogP contribution in [-0.2, 0) is 19.5 Å². The summed E-state index contributed by atoms with van der Waals surface area (Å²) in [6.45, 7) is 2.73. The van der Waals surface area contributed by atoms with Gasteiger partial charge in [0.25, 0.3) is 0 Å². The largest absolute Gasteiger partial charge is 0.493 e. The van der Waals surface area contributed by atoms with Gasteiger partial charge in [-0.2, -0.15) is 0 Å². The van der Waals surface area contributed by atoms with E-state index in [0.29, 0.717) is 11.5 Å². The van der Waals surface area contributed by atoms with E-state index in [4.69, 9.17) is 14.2 Å². The molecule has 2 aromatic carbocycles. The summed E-state index contributed by atoms with van der Waals surface area (Å²) in [5.41, 5.74) is 5.10. The van der Waals surface area contributed by atoms with Crippen molar-refractivity contribution in [2.24, 2.45) is 0 Å². The third-order valence-electron chi connectivity index (χ3n) is 5.14. The number of fused-ring (bicyclic) bond motifs is 3. The molecule has 0 bridgehead atoms. The molecule has 0 amide bonds. The fourth-order valence-electron chi connectivity index (χ4n) is 3.91. The number of nitrogens with zero attached hydrogens (tertiary/aromatic N) is 1. The van der Waals surface area contributed by atoms with Crippen molar-refractivity contribution < 1.29 is 14.2 Å². The van der Waals surface area contributed by atoms with Gasteiger partial charge in [-0.3, -0.25) is 4.90 Å². The van der Waals surface area contributed by atoms with Crippen LogP contribution < -0.4 is 14.2 Å². The van der Waals surface area contributed by atoms with Crippen molar-refractivity contribution >= 4 is 10.9 Å². The summed E-state index contributed by atoms with van der Waals surface area (Å²) in [6.07, 6.45) is 1.05. The van der Waals surface area contributed by atoms with Crippen molar-refractivity contribution in [3.05, 3.63) is 53.2 Å². The lowest BCUT2D eigenvalue weighted by Crippen LogP contribution is -2.30. The zero-order valence-corrected chi connectivity index (χ0v) is 15.5. The van der Waals surface area contributed by atoms with E-state index < -0.39 is 0 Å². The highest BCUT2D eigenvalue weighted by Crippen LogP contribution is 2.40. The van der Waals surface area contributed by atoms with Crippen molar-refractivity contribution in [2.75, 3.05) is 27.9 Å². The molecule has 136 valence electrons. The van der Waals surface area contributed by atoms with Crippen LogP contribution >= 0.6 is 0 Å². The van der Waals surface area contributed by atoms with Crippen LogP contribution in [0.3, 0.4) is 0 Å². The van der Waals surface area contributed by atoms with Crippen molar-refractivity contribution in [3.63, 3.8) is 0 Å².